The normalized spacial score (nSPS) is 11.8. The van der Waals surface area contributed by atoms with Crippen LogP contribution >= 0.6 is 11.3 Å². The van der Waals surface area contributed by atoms with Crippen LogP contribution in [0.2, 0.25) is 0 Å². The Morgan fingerprint density at radius 2 is 1.79 bits per heavy atom. The quantitative estimate of drug-likeness (QED) is 0.225. The summed E-state index contributed by atoms with van der Waals surface area (Å²) >= 11 is 1.70. The Hall–Kier alpha value is -2.78. The van der Waals surface area contributed by atoms with Crippen molar-refractivity contribution in [3.63, 3.8) is 0 Å². The summed E-state index contributed by atoms with van der Waals surface area (Å²) in [6.45, 7) is 13.3. The van der Waals surface area contributed by atoms with Gasteiger partial charge in [0.1, 0.15) is 11.1 Å². The van der Waals surface area contributed by atoms with Crippen LogP contribution in [-0.4, -0.2) is 58.6 Å². The van der Waals surface area contributed by atoms with Gasteiger partial charge in [-0.05, 0) is 78.6 Å². The first-order chi connectivity index (χ1) is 18.2. The number of aromatic nitrogens is 2. The number of carbonyl (C=O) groups is 2. The van der Waals surface area contributed by atoms with Gasteiger partial charge < -0.3 is 20.3 Å². The summed E-state index contributed by atoms with van der Waals surface area (Å²) in [6.07, 6.45) is 5.78. The number of nitrogens with zero attached hydrogens (tertiary/aromatic N) is 3. The molecule has 9 heteroatoms. The maximum Gasteiger partial charge on any atom is 0.407 e. The van der Waals surface area contributed by atoms with Crippen LogP contribution in [0.3, 0.4) is 0 Å². The lowest BCUT2D eigenvalue weighted by atomic mass is 10.1. The third-order valence-corrected chi connectivity index (χ3v) is 7.29. The molecule has 0 atom stereocenters. The Morgan fingerprint density at radius 1 is 1.03 bits per heavy atom. The van der Waals surface area contributed by atoms with Crippen molar-refractivity contribution in [1.82, 2.24) is 20.2 Å². The van der Waals surface area contributed by atoms with E-state index in [2.05, 4.69) is 35.4 Å². The SMILES string of the molecule is CCCc1nc2c(NC(=O)CCCCCN(CC)CCCNC(=O)OC(C)(C)C)nc3ccccc3c2s1. The number of rotatable bonds is 14. The smallest absolute Gasteiger partial charge is 0.407 e. The molecule has 2 heterocycles. The van der Waals surface area contributed by atoms with Crippen LogP contribution in [0.25, 0.3) is 21.1 Å². The van der Waals surface area contributed by atoms with Crippen LogP contribution in [0.15, 0.2) is 24.3 Å². The number of anilines is 1. The van der Waals surface area contributed by atoms with E-state index in [9.17, 15) is 9.59 Å². The van der Waals surface area contributed by atoms with E-state index in [0.717, 1.165) is 84.3 Å². The molecule has 2 N–H and O–H groups in total. The van der Waals surface area contributed by atoms with Crippen molar-refractivity contribution < 1.29 is 14.3 Å². The Morgan fingerprint density at radius 3 is 2.53 bits per heavy atom. The maximum atomic E-state index is 12.8. The first kappa shape index (κ1) is 29.8. The number of nitrogens with one attached hydrogen (secondary N) is 2. The van der Waals surface area contributed by atoms with Crippen LogP contribution in [0.5, 0.6) is 0 Å². The van der Waals surface area contributed by atoms with Crippen molar-refractivity contribution in [2.75, 3.05) is 31.5 Å². The van der Waals surface area contributed by atoms with Crippen molar-refractivity contribution in [2.45, 2.75) is 85.2 Å². The van der Waals surface area contributed by atoms with Crippen LogP contribution in [0, 0.1) is 0 Å². The summed E-state index contributed by atoms with van der Waals surface area (Å²) in [7, 11) is 0. The zero-order valence-electron chi connectivity index (χ0n) is 23.6. The molecular formula is C29H43N5O3S. The highest BCUT2D eigenvalue weighted by Gasteiger charge is 2.17. The van der Waals surface area contributed by atoms with Crippen molar-refractivity contribution in [3.05, 3.63) is 29.3 Å². The highest BCUT2D eigenvalue weighted by molar-refractivity contribution is 7.19. The lowest BCUT2D eigenvalue weighted by Gasteiger charge is -2.21. The largest absolute Gasteiger partial charge is 0.444 e. The van der Waals surface area contributed by atoms with Crippen LogP contribution < -0.4 is 10.6 Å². The van der Waals surface area contributed by atoms with Crippen molar-refractivity contribution in [1.29, 1.82) is 0 Å². The summed E-state index contributed by atoms with van der Waals surface area (Å²) in [5, 5.41) is 8.02. The average Bonchev–Trinajstić information content (AvgIpc) is 3.29. The molecule has 0 saturated heterocycles. The molecule has 0 radical (unpaired) electrons. The first-order valence-corrected chi connectivity index (χ1v) is 14.7. The highest BCUT2D eigenvalue weighted by atomic mass is 32.1. The Bertz CT molecular complexity index is 1200. The van der Waals surface area contributed by atoms with Gasteiger partial charge in [-0.15, -0.1) is 11.3 Å². The van der Waals surface area contributed by atoms with Gasteiger partial charge in [-0.2, -0.15) is 0 Å². The number of unbranched alkanes of at least 4 members (excludes halogenated alkanes) is 2. The number of thiazole rings is 1. The molecule has 0 fully saturated rings. The lowest BCUT2D eigenvalue weighted by Crippen LogP contribution is -2.34. The second-order valence-electron chi connectivity index (χ2n) is 10.6. The maximum absolute atomic E-state index is 12.8. The number of hydrogen-bond donors (Lipinski definition) is 2. The minimum atomic E-state index is -0.479. The number of hydrogen-bond acceptors (Lipinski definition) is 7. The summed E-state index contributed by atoms with van der Waals surface area (Å²) < 4.78 is 6.36. The molecule has 0 aliphatic rings. The zero-order valence-corrected chi connectivity index (χ0v) is 24.4. The van der Waals surface area contributed by atoms with Gasteiger partial charge in [0, 0.05) is 18.4 Å². The van der Waals surface area contributed by atoms with E-state index in [-0.39, 0.29) is 12.0 Å². The van der Waals surface area contributed by atoms with Crippen LogP contribution in [-0.2, 0) is 16.0 Å². The van der Waals surface area contributed by atoms with Gasteiger partial charge in [0.25, 0.3) is 0 Å². The molecule has 1 aromatic carbocycles. The van der Waals surface area contributed by atoms with E-state index in [1.165, 1.54) is 0 Å². The number of aryl methyl sites for hydroxylation is 1. The fourth-order valence-electron chi connectivity index (χ4n) is 4.28. The van der Waals surface area contributed by atoms with E-state index in [1.54, 1.807) is 11.3 Å². The third-order valence-electron chi connectivity index (χ3n) is 6.14. The van der Waals surface area contributed by atoms with Crippen molar-refractivity contribution in [2.24, 2.45) is 0 Å². The molecule has 0 spiro atoms. The average molecular weight is 542 g/mol. The topological polar surface area (TPSA) is 96.5 Å². The molecule has 2 aromatic heterocycles. The number of pyridine rings is 1. The molecule has 0 aliphatic carbocycles. The molecule has 208 valence electrons. The molecule has 3 aromatic rings. The fraction of sp³-hybridized carbons (Fsp3) is 0.586. The van der Waals surface area contributed by atoms with E-state index in [0.29, 0.717) is 18.8 Å². The van der Waals surface area contributed by atoms with Gasteiger partial charge in [0.05, 0.1) is 15.2 Å². The second kappa shape index (κ2) is 14.4. The van der Waals surface area contributed by atoms with E-state index < -0.39 is 5.60 Å². The van der Waals surface area contributed by atoms with Gasteiger partial charge in [-0.25, -0.2) is 14.8 Å². The number of alkyl carbamates (subject to hydrolysis) is 1. The van der Waals surface area contributed by atoms with Gasteiger partial charge in [-0.3, -0.25) is 4.79 Å². The molecule has 0 aliphatic heterocycles. The zero-order chi connectivity index (χ0) is 27.5. The molecule has 3 rings (SSSR count). The van der Waals surface area contributed by atoms with Gasteiger partial charge >= 0.3 is 6.09 Å². The van der Waals surface area contributed by atoms with Gasteiger partial charge in [0.15, 0.2) is 5.82 Å². The first-order valence-electron chi connectivity index (χ1n) is 13.9. The molecule has 0 saturated carbocycles. The predicted octanol–water partition coefficient (Wildman–Crippen LogP) is 6.53. The molecular weight excluding hydrogens is 498 g/mol. The Labute approximate surface area is 230 Å². The summed E-state index contributed by atoms with van der Waals surface area (Å²) in [4.78, 5) is 36.4. The Balaban J connectivity index is 1.41. The standard InChI is InChI=1S/C29H43N5O3S/c1-6-14-24-33-25-26(38-24)21-15-10-11-16-22(21)31-27(25)32-23(35)17-9-8-12-19-34(7-2)20-13-18-30-28(36)37-29(3,4)5/h10-11,15-16H,6-9,12-14,17-20H2,1-5H3,(H,30,36)(H,31,32,35). The van der Waals surface area contributed by atoms with Crippen LogP contribution in [0.1, 0.15) is 78.2 Å². The predicted molar refractivity (Wildman–Crippen MR) is 157 cm³/mol. The minimum Gasteiger partial charge on any atom is -0.444 e. The van der Waals surface area contributed by atoms with Gasteiger partial charge in [-0.1, -0.05) is 38.5 Å². The number of carbonyl (C=O) groups excluding carboxylic acids is 2. The number of amides is 2. The Kier molecular flexibility index (Phi) is 11.3. The summed E-state index contributed by atoms with van der Waals surface area (Å²) in [5.41, 5.74) is 1.20. The van der Waals surface area contributed by atoms with Crippen molar-refractivity contribution in [3.8, 4) is 0 Å². The minimum absolute atomic E-state index is 0.0142. The summed E-state index contributed by atoms with van der Waals surface area (Å²) in [5.74, 6) is 0.555. The molecule has 8 nitrogen and oxygen atoms in total. The van der Waals surface area contributed by atoms with E-state index >= 15 is 0 Å². The molecule has 0 bridgehead atoms. The highest BCUT2D eigenvalue weighted by Crippen LogP contribution is 2.34. The summed E-state index contributed by atoms with van der Waals surface area (Å²) in [6, 6.07) is 8.04. The van der Waals surface area contributed by atoms with E-state index in [4.69, 9.17) is 14.7 Å². The van der Waals surface area contributed by atoms with Crippen molar-refractivity contribution >= 4 is 50.3 Å². The van der Waals surface area contributed by atoms with Gasteiger partial charge in [0.2, 0.25) is 5.91 Å². The molecule has 0 unspecified atom stereocenters. The molecule has 2 amide bonds. The number of ether oxygens (including phenoxy) is 1. The second-order valence-corrected chi connectivity index (χ2v) is 11.7. The number of para-hydroxylation sites is 1. The van der Waals surface area contributed by atoms with E-state index in [1.807, 2.05) is 39.0 Å². The fourth-order valence-corrected chi connectivity index (χ4v) is 5.48. The van der Waals surface area contributed by atoms with Crippen LogP contribution in [0.4, 0.5) is 10.6 Å². The number of benzene rings is 1. The third kappa shape index (κ3) is 9.20. The molecule has 38 heavy (non-hydrogen) atoms. The monoisotopic (exact) mass is 541 g/mol. The lowest BCUT2D eigenvalue weighted by molar-refractivity contribution is -0.116. The number of fused-ring (bicyclic) bond motifs is 3.